The molecule has 0 aromatic heterocycles. The zero-order valence-corrected chi connectivity index (χ0v) is 11.0. The molecule has 1 fully saturated rings. The van der Waals surface area contributed by atoms with Crippen LogP contribution in [0.4, 0.5) is 0 Å². The van der Waals surface area contributed by atoms with Gasteiger partial charge in [0.1, 0.15) is 0 Å². The topological polar surface area (TPSA) is 29.5 Å². The van der Waals surface area contributed by atoms with E-state index in [1.54, 1.807) is 12.1 Å². The molecule has 1 heterocycles. The molecule has 1 aliphatic rings. The van der Waals surface area contributed by atoms with Crippen LogP contribution in [0.2, 0.25) is 10.0 Å². The Morgan fingerprint density at radius 1 is 1.41 bits per heavy atom. The highest BCUT2D eigenvalue weighted by Gasteiger charge is 2.20. The van der Waals surface area contributed by atoms with Gasteiger partial charge in [-0.15, -0.1) is 0 Å². The van der Waals surface area contributed by atoms with Gasteiger partial charge in [-0.05, 0) is 42.9 Å². The Hall–Kier alpha value is -0.280. The monoisotopic (exact) mass is 274 g/mol. The second-order valence-corrected chi connectivity index (χ2v) is 5.40. The number of hydrogen-bond acceptors (Lipinski definition) is 2. The highest BCUT2D eigenvalue weighted by Crippen LogP contribution is 2.25. The largest absolute Gasteiger partial charge is 0.393 e. The van der Waals surface area contributed by atoms with Crippen LogP contribution in [0.15, 0.2) is 18.2 Å². The Labute approximate surface area is 111 Å². The SMILES string of the molecule is OC(Cc1ccc(Cl)cc1Cl)CC1CCOC1. The Kier molecular flexibility index (Phi) is 4.69. The van der Waals surface area contributed by atoms with Gasteiger partial charge in [-0.3, -0.25) is 0 Å². The predicted octanol–water partition coefficient (Wildman–Crippen LogP) is 3.32. The first-order valence-electron chi connectivity index (χ1n) is 5.85. The maximum Gasteiger partial charge on any atom is 0.0584 e. The Morgan fingerprint density at radius 2 is 2.24 bits per heavy atom. The van der Waals surface area contributed by atoms with Crippen LogP contribution in [0.3, 0.4) is 0 Å². The van der Waals surface area contributed by atoms with Gasteiger partial charge < -0.3 is 9.84 Å². The summed E-state index contributed by atoms with van der Waals surface area (Å²) >= 11 is 11.9. The standard InChI is InChI=1S/C13H16Cl2O2/c14-11-2-1-10(13(15)7-11)6-12(16)5-9-3-4-17-8-9/h1-2,7,9,12,16H,3-6,8H2. The van der Waals surface area contributed by atoms with E-state index in [2.05, 4.69) is 0 Å². The molecule has 2 unspecified atom stereocenters. The minimum atomic E-state index is -0.361. The molecule has 94 valence electrons. The van der Waals surface area contributed by atoms with E-state index in [-0.39, 0.29) is 6.10 Å². The lowest BCUT2D eigenvalue weighted by Gasteiger charge is -2.15. The third-order valence-corrected chi connectivity index (χ3v) is 3.69. The summed E-state index contributed by atoms with van der Waals surface area (Å²) in [6.45, 7) is 1.59. The second kappa shape index (κ2) is 6.05. The third kappa shape index (κ3) is 3.85. The number of hydrogen-bond donors (Lipinski definition) is 1. The molecule has 0 radical (unpaired) electrons. The van der Waals surface area contributed by atoms with E-state index in [9.17, 15) is 5.11 Å². The van der Waals surface area contributed by atoms with Gasteiger partial charge in [0.25, 0.3) is 0 Å². The van der Waals surface area contributed by atoms with Gasteiger partial charge in [0, 0.05) is 23.3 Å². The Bertz CT molecular complexity index is 376. The summed E-state index contributed by atoms with van der Waals surface area (Å²) in [5, 5.41) is 11.3. The van der Waals surface area contributed by atoms with Gasteiger partial charge in [-0.1, -0.05) is 29.3 Å². The first-order valence-corrected chi connectivity index (χ1v) is 6.60. The highest BCUT2D eigenvalue weighted by atomic mass is 35.5. The first kappa shape index (κ1) is 13.2. The van der Waals surface area contributed by atoms with Crippen molar-refractivity contribution in [3.8, 4) is 0 Å². The number of halogens is 2. The zero-order valence-electron chi connectivity index (χ0n) is 9.53. The number of aliphatic hydroxyl groups is 1. The molecule has 2 nitrogen and oxygen atoms in total. The van der Waals surface area contributed by atoms with E-state index in [0.29, 0.717) is 22.4 Å². The van der Waals surface area contributed by atoms with Crippen LogP contribution >= 0.6 is 23.2 Å². The van der Waals surface area contributed by atoms with E-state index in [4.69, 9.17) is 27.9 Å². The minimum Gasteiger partial charge on any atom is -0.393 e. The van der Waals surface area contributed by atoms with E-state index < -0.39 is 0 Å². The van der Waals surface area contributed by atoms with Crippen molar-refractivity contribution < 1.29 is 9.84 Å². The highest BCUT2D eigenvalue weighted by molar-refractivity contribution is 6.35. The van der Waals surface area contributed by atoms with Crippen LogP contribution in [0, 0.1) is 5.92 Å². The van der Waals surface area contributed by atoms with Gasteiger partial charge in [-0.2, -0.15) is 0 Å². The molecular formula is C13H16Cl2O2. The van der Waals surface area contributed by atoms with Crippen molar-refractivity contribution in [2.24, 2.45) is 5.92 Å². The van der Waals surface area contributed by atoms with Crippen molar-refractivity contribution in [1.29, 1.82) is 0 Å². The van der Waals surface area contributed by atoms with Gasteiger partial charge in [0.05, 0.1) is 6.10 Å². The summed E-state index contributed by atoms with van der Waals surface area (Å²) in [5.41, 5.74) is 0.947. The maximum atomic E-state index is 10.0. The average Bonchev–Trinajstić information content (AvgIpc) is 2.75. The fourth-order valence-electron chi connectivity index (χ4n) is 2.18. The second-order valence-electron chi connectivity index (χ2n) is 4.56. The molecule has 1 aliphatic heterocycles. The number of rotatable bonds is 4. The van der Waals surface area contributed by atoms with Crippen molar-refractivity contribution in [2.45, 2.75) is 25.4 Å². The van der Waals surface area contributed by atoms with E-state index in [1.807, 2.05) is 6.07 Å². The lowest BCUT2D eigenvalue weighted by molar-refractivity contribution is 0.129. The molecule has 0 amide bonds. The summed E-state index contributed by atoms with van der Waals surface area (Å²) in [6.07, 6.45) is 2.04. The van der Waals surface area contributed by atoms with Crippen molar-refractivity contribution in [1.82, 2.24) is 0 Å². The molecule has 0 aliphatic carbocycles. The van der Waals surface area contributed by atoms with Crippen LogP contribution < -0.4 is 0 Å². The first-order chi connectivity index (χ1) is 8.15. The smallest absolute Gasteiger partial charge is 0.0584 e. The summed E-state index contributed by atoms with van der Waals surface area (Å²) in [5.74, 6) is 0.482. The molecule has 1 saturated heterocycles. The molecule has 17 heavy (non-hydrogen) atoms. The molecule has 2 rings (SSSR count). The van der Waals surface area contributed by atoms with Gasteiger partial charge in [0.2, 0.25) is 0 Å². The van der Waals surface area contributed by atoms with Crippen LogP contribution in [0.1, 0.15) is 18.4 Å². The van der Waals surface area contributed by atoms with Crippen LogP contribution in [-0.2, 0) is 11.2 Å². The van der Waals surface area contributed by atoms with Crippen LogP contribution in [0.25, 0.3) is 0 Å². The minimum absolute atomic E-state index is 0.361. The molecule has 4 heteroatoms. The lowest BCUT2D eigenvalue weighted by atomic mass is 9.96. The van der Waals surface area contributed by atoms with Crippen LogP contribution in [0.5, 0.6) is 0 Å². The predicted molar refractivity (Wildman–Crippen MR) is 69.7 cm³/mol. The molecule has 0 bridgehead atoms. The zero-order chi connectivity index (χ0) is 12.3. The molecule has 2 atom stereocenters. The number of ether oxygens (including phenoxy) is 1. The normalized spacial score (nSPS) is 21.7. The van der Waals surface area contributed by atoms with Gasteiger partial charge in [-0.25, -0.2) is 0 Å². The fraction of sp³-hybridized carbons (Fsp3) is 0.538. The van der Waals surface area contributed by atoms with Crippen molar-refractivity contribution in [3.63, 3.8) is 0 Å². The summed E-state index contributed by atoms with van der Waals surface area (Å²) in [7, 11) is 0. The lowest BCUT2D eigenvalue weighted by Crippen LogP contribution is -2.16. The number of benzene rings is 1. The van der Waals surface area contributed by atoms with Crippen LogP contribution in [-0.4, -0.2) is 24.4 Å². The molecule has 0 saturated carbocycles. The molecule has 1 N–H and O–H groups in total. The summed E-state index contributed by atoms with van der Waals surface area (Å²) in [4.78, 5) is 0. The van der Waals surface area contributed by atoms with E-state index in [0.717, 1.165) is 31.6 Å². The van der Waals surface area contributed by atoms with Gasteiger partial charge >= 0.3 is 0 Å². The number of aliphatic hydroxyl groups excluding tert-OH is 1. The Balaban J connectivity index is 1.90. The summed E-state index contributed by atoms with van der Waals surface area (Å²) in [6, 6.07) is 5.39. The molecule has 1 aromatic carbocycles. The van der Waals surface area contributed by atoms with Crippen molar-refractivity contribution in [2.75, 3.05) is 13.2 Å². The summed E-state index contributed by atoms with van der Waals surface area (Å²) < 4.78 is 5.29. The van der Waals surface area contributed by atoms with E-state index >= 15 is 0 Å². The quantitative estimate of drug-likeness (QED) is 0.913. The molecule has 0 spiro atoms. The molecule has 1 aromatic rings. The van der Waals surface area contributed by atoms with Crippen molar-refractivity contribution >= 4 is 23.2 Å². The Morgan fingerprint density at radius 3 is 2.88 bits per heavy atom. The maximum absolute atomic E-state index is 10.0. The average molecular weight is 275 g/mol. The van der Waals surface area contributed by atoms with E-state index in [1.165, 1.54) is 0 Å². The van der Waals surface area contributed by atoms with Crippen molar-refractivity contribution in [3.05, 3.63) is 33.8 Å². The molecular weight excluding hydrogens is 259 g/mol. The van der Waals surface area contributed by atoms with Gasteiger partial charge in [0.15, 0.2) is 0 Å². The fourth-order valence-corrected chi connectivity index (χ4v) is 2.66. The third-order valence-electron chi connectivity index (χ3n) is 3.10.